The van der Waals surface area contributed by atoms with Crippen molar-refractivity contribution < 1.29 is 32.3 Å². The second-order valence-corrected chi connectivity index (χ2v) is 28.7. The number of aromatic nitrogens is 9. The molecule has 104 heavy (non-hydrogen) atoms. The van der Waals surface area contributed by atoms with Crippen LogP contribution in [0.15, 0.2) is 135 Å². The summed E-state index contributed by atoms with van der Waals surface area (Å²) in [6, 6.07) is 34.9. The molecule has 0 spiro atoms. The molecule has 0 unspecified atom stereocenters. The molecule has 3 atom stereocenters. The first kappa shape index (κ1) is 79.8. The van der Waals surface area contributed by atoms with Crippen molar-refractivity contribution in [2.45, 2.75) is 153 Å². The van der Waals surface area contributed by atoms with Crippen LogP contribution < -0.4 is 19.6 Å². The average molecular weight is 1420 g/mol. The quantitative estimate of drug-likeness (QED) is 0.0619. The lowest BCUT2D eigenvalue weighted by Crippen LogP contribution is -2.49. The maximum atomic E-state index is 14.2. The molecular formula is C83H103F3N14O4. The molecule has 4 saturated heterocycles. The Labute approximate surface area is 612 Å². The number of hydrogen-bond acceptors (Lipinski definition) is 17. The summed E-state index contributed by atoms with van der Waals surface area (Å²) in [4.78, 5) is 64.7. The molecule has 4 aliphatic heterocycles. The number of carbonyl (C=O) groups excluding carboxylic acids is 4. The molecule has 4 fully saturated rings. The highest BCUT2D eigenvalue weighted by molar-refractivity contribution is 5.83. The first-order valence-corrected chi connectivity index (χ1v) is 35.9. The maximum absolute atomic E-state index is 14.2. The van der Waals surface area contributed by atoms with Gasteiger partial charge in [0.05, 0.1) is 29.2 Å². The van der Waals surface area contributed by atoms with Crippen LogP contribution in [0.4, 0.5) is 36.4 Å². The van der Waals surface area contributed by atoms with Crippen LogP contribution in [0.2, 0.25) is 0 Å². The van der Waals surface area contributed by atoms with Gasteiger partial charge in [-0.2, -0.15) is 20.4 Å². The van der Waals surface area contributed by atoms with Gasteiger partial charge in [-0.05, 0) is 202 Å². The number of anilines is 4. The zero-order chi connectivity index (χ0) is 73.9. The smallest absolute Gasteiger partial charge is 0.228 e. The van der Waals surface area contributed by atoms with Crippen molar-refractivity contribution in [1.29, 1.82) is 0 Å². The van der Waals surface area contributed by atoms with Gasteiger partial charge in [-0.25, -0.2) is 13.2 Å². The number of Topliss-reactive ketones (excluding diaryl/α,β-unsaturated/α-hetero) is 3. The van der Waals surface area contributed by atoms with Gasteiger partial charge in [-0.3, -0.25) is 24.2 Å². The van der Waals surface area contributed by atoms with E-state index in [9.17, 15) is 32.3 Å². The Bertz CT molecular complexity index is 4190. The van der Waals surface area contributed by atoms with Crippen LogP contribution in [0, 0.1) is 62.9 Å². The number of rotatable bonds is 22. The lowest BCUT2D eigenvalue weighted by molar-refractivity contribution is -0.131. The van der Waals surface area contributed by atoms with Crippen LogP contribution in [0.5, 0.6) is 0 Å². The highest BCUT2D eigenvalue weighted by Crippen LogP contribution is 2.30. The lowest BCUT2D eigenvalue weighted by atomic mass is 9.95. The number of pyridine rings is 1. The molecule has 0 saturated carbocycles. The third-order valence-electron chi connectivity index (χ3n) is 19.3. The van der Waals surface area contributed by atoms with E-state index in [1.165, 1.54) is 17.7 Å². The SMILES string of the molecule is C.C=C(C)c1ccc(CC(=O)C[C@H]2CCN(c3ccc(C)nn3)C2)c(F)c1.C=C(C)c1ccc(CC(=O)C[C@H]2CCN(c3ccc(C)nn3)C2)cc1F.Cc1ccc(N2CCN(C(=O)Cc3ccc(C(C)C)cn3)CC2)nn1.Cc1ccc(N2CC[C@H](CC(=O)Cc3ccc(C(C)C)cc3F)C2)nn1. The van der Waals surface area contributed by atoms with Crippen molar-refractivity contribution in [3.8, 4) is 0 Å². The van der Waals surface area contributed by atoms with Crippen LogP contribution in [-0.4, -0.2) is 139 Å². The Hall–Kier alpha value is -9.92. The maximum Gasteiger partial charge on any atom is 0.228 e. The minimum atomic E-state index is -0.332. The minimum Gasteiger partial charge on any atom is -0.355 e. The van der Waals surface area contributed by atoms with Crippen molar-refractivity contribution in [3.05, 3.63) is 219 Å². The second kappa shape index (κ2) is 38.0. The summed E-state index contributed by atoms with van der Waals surface area (Å²) < 4.78 is 42.4. The molecule has 1 amide bonds. The zero-order valence-electron chi connectivity index (χ0n) is 61.5. The summed E-state index contributed by atoms with van der Waals surface area (Å²) in [5.41, 5.74) is 11.0. The number of carbonyl (C=O) groups is 4. The fourth-order valence-electron chi connectivity index (χ4n) is 13.1. The van der Waals surface area contributed by atoms with Crippen molar-refractivity contribution >= 4 is 57.7 Å². The van der Waals surface area contributed by atoms with Crippen LogP contribution in [0.3, 0.4) is 0 Å². The fraction of sp³-hybridized carbons (Fsp3) is 0.434. The number of halogens is 3. The third-order valence-corrected chi connectivity index (χ3v) is 19.3. The number of nitrogens with zero attached hydrogens (tertiary/aromatic N) is 14. The number of allylic oxidation sites excluding steroid dienone is 2. The molecule has 0 bridgehead atoms. The molecule has 12 rings (SSSR count). The fourth-order valence-corrected chi connectivity index (χ4v) is 13.1. The summed E-state index contributed by atoms with van der Waals surface area (Å²) in [6.07, 6.45) is 7.16. The normalized spacial score (nSPS) is 16.2. The van der Waals surface area contributed by atoms with Gasteiger partial charge in [0.25, 0.3) is 0 Å². The molecule has 21 heteroatoms. The van der Waals surface area contributed by atoms with Gasteiger partial charge < -0.3 is 24.5 Å². The van der Waals surface area contributed by atoms with Gasteiger partial charge >= 0.3 is 0 Å². The van der Waals surface area contributed by atoms with E-state index in [2.05, 4.69) is 98.4 Å². The molecule has 9 heterocycles. The predicted octanol–water partition coefficient (Wildman–Crippen LogP) is 14.9. The largest absolute Gasteiger partial charge is 0.355 e. The van der Waals surface area contributed by atoms with Crippen molar-refractivity contribution in [3.63, 3.8) is 0 Å². The van der Waals surface area contributed by atoms with E-state index in [1.807, 2.05) is 132 Å². The van der Waals surface area contributed by atoms with Crippen LogP contribution >= 0.6 is 0 Å². The number of aryl methyl sites for hydroxylation is 4. The summed E-state index contributed by atoms with van der Waals surface area (Å²) >= 11 is 0. The number of hydrogen-bond donors (Lipinski definition) is 0. The summed E-state index contributed by atoms with van der Waals surface area (Å²) in [6.45, 7) is 35.2. The third kappa shape index (κ3) is 23.6. The highest BCUT2D eigenvalue weighted by atomic mass is 19.1. The predicted molar refractivity (Wildman–Crippen MR) is 408 cm³/mol. The first-order valence-electron chi connectivity index (χ1n) is 35.9. The Morgan fingerprint density at radius 3 is 1.24 bits per heavy atom. The van der Waals surface area contributed by atoms with E-state index in [4.69, 9.17) is 0 Å². The van der Waals surface area contributed by atoms with Crippen molar-refractivity contribution in [2.75, 3.05) is 85.0 Å². The first-order chi connectivity index (χ1) is 49.3. The van der Waals surface area contributed by atoms with Gasteiger partial charge in [0.2, 0.25) is 5.91 Å². The second-order valence-electron chi connectivity index (χ2n) is 28.7. The van der Waals surface area contributed by atoms with E-state index < -0.39 is 0 Å². The van der Waals surface area contributed by atoms with Crippen LogP contribution in [0.25, 0.3) is 11.1 Å². The van der Waals surface area contributed by atoms with Crippen LogP contribution in [-0.2, 0) is 44.9 Å². The molecular weight excluding hydrogens is 1310 g/mol. The Kier molecular flexibility index (Phi) is 29.2. The standard InChI is InChI=1S/C21H26FN3O.2C21H24FN3O.C19H25N5O.CH4/c2*1-14(2)17-5-6-18(20(22)12-17)11-19(26)10-16-8-9-25(13-16)21-7-4-15(3)23-24-21;1-14(2)19-6-5-16(12-20(19)22)10-18(26)11-17-8-9-25(13-17)21-7-4-15(3)23-24-21;1-14(2)16-5-6-17(20-13-16)12-19(25)24-10-8-23(9-11-24)18-7-4-15(3)21-22-18;/h4-7,12,14,16H,8-11,13H2,1-3H3;4-7,12,16H,1,8-11,13H2,2-3H3;4-7,12,17H,1,8-11,13H2,2-3H3;4-7,13-14H,8-12H2,1-3H3;1H4/t2*16-;17-;;/m111../s1. The van der Waals surface area contributed by atoms with E-state index in [0.717, 1.165) is 146 Å². The van der Waals surface area contributed by atoms with Gasteiger partial charge in [-0.1, -0.05) is 96.3 Å². The van der Waals surface area contributed by atoms with Crippen LogP contribution in [0.1, 0.15) is 167 Å². The number of piperazine rings is 1. The molecule has 5 aromatic heterocycles. The summed E-state index contributed by atoms with van der Waals surface area (Å²) in [7, 11) is 0. The molecule has 0 radical (unpaired) electrons. The summed E-state index contributed by atoms with van der Waals surface area (Å²) in [5, 5.41) is 33.2. The molecule has 18 nitrogen and oxygen atoms in total. The van der Waals surface area contributed by atoms with E-state index in [0.29, 0.717) is 78.8 Å². The zero-order valence-corrected chi connectivity index (χ0v) is 61.5. The number of benzene rings is 3. The highest BCUT2D eigenvalue weighted by Gasteiger charge is 2.30. The van der Waals surface area contributed by atoms with Gasteiger partial charge in [0, 0.05) is 121 Å². The van der Waals surface area contributed by atoms with E-state index in [-0.39, 0.29) is 79.2 Å². The van der Waals surface area contributed by atoms with Crippen molar-refractivity contribution in [1.82, 2.24) is 50.7 Å². The van der Waals surface area contributed by atoms with Gasteiger partial charge in [0.1, 0.15) is 34.8 Å². The lowest BCUT2D eigenvalue weighted by Gasteiger charge is -2.35. The Morgan fingerprint density at radius 2 is 0.865 bits per heavy atom. The van der Waals surface area contributed by atoms with Crippen molar-refractivity contribution in [2.24, 2.45) is 17.8 Å². The summed E-state index contributed by atoms with van der Waals surface area (Å²) in [5.74, 6) is 4.63. The van der Waals surface area contributed by atoms with E-state index >= 15 is 0 Å². The molecule has 3 aromatic carbocycles. The minimum absolute atomic E-state index is 0. The monoisotopic (exact) mass is 1420 g/mol. The molecule has 0 N–H and O–H groups in total. The Balaban J connectivity index is 0.000000175. The van der Waals surface area contributed by atoms with E-state index in [1.54, 1.807) is 31.2 Å². The molecule has 0 aliphatic carbocycles. The molecule has 550 valence electrons. The Morgan fingerprint density at radius 1 is 0.442 bits per heavy atom. The number of ketones is 3. The average Bonchev–Trinajstić information content (AvgIpc) is 1.49. The molecule has 8 aromatic rings. The van der Waals surface area contributed by atoms with Gasteiger partial charge in [0.15, 0.2) is 23.3 Å². The molecule has 4 aliphatic rings. The van der Waals surface area contributed by atoms with Gasteiger partial charge in [-0.15, -0.1) is 20.4 Å². The number of amides is 1. The topological polar surface area (TPSA) is 200 Å².